The summed E-state index contributed by atoms with van der Waals surface area (Å²) >= 11 is 1.62. The van der Waals surface area contributed by atoms with Gasteiger partial charge in [-0.25, -0.2) is 15.6 Å². The zero-order chi connectivity index (χ0) is 22.5. The molecule has 4 rings (SSSR count). The number of carboxylic acid groups (broad SMARTS) is 1. The number of likely N-dealkylation sites (tertiary alicyclic amines) is 1. The van der Waals surface area contributed by atoms with Gasteiger partial charge in [0.1, 0.15) is 0 Å². The highest BCUT2D eigenvalue weighted by Gasteiger charge is 2.18. The molecule has 166 valence electrons. The Morgan fingerprint density at radius 1 is 1.09 bits per heavy atom. The van der Waals surface area contributed by atoms with E-state index in [0.29, 0.717) is 23.4 Å². The van der Waals surface area contributed by atoms with Gasteiger partial charge in [0.25, 0.3) is 5.91 Å². The second-order valence-corrected chi connectivity index (χ2v) is 8.75. The van der Waals surface area contributed by atoms with Crippen molar-refractivity contribution in [2.45, 2.75) is 19.3 Å². The maximum absolute atomic E-state index is 13.1. The Bertz CT molecular complexity index is 1090. The standard InChI is InChI=1S/C24H26N4O3S/c25-28(20-6-3-5-18(16-20)22-7-4-14-32-22)23(29)19-8-9-21(26-24(30)31)17(15-19)10-13-27-11-1-2-12-27/h3-9,14-16,26H,1-2,10-13,25H2,(H,30,31). The number of amides is 2. The number of thiophene rings is 1. The van der Waals surface area contributed by atoms with E-state index in [4.69, 9.17) is 5.84 Å². The highest BCUT2D eigenvalue weighted by molar-refractivity contribution is 7.13. The minimum absolute atomic E-state index is 0.349. The van der Waals surface area contributed by atoms with Gasteiger partial charge in [0, 0.05) is 22.7 Å². The van der Waals surface area contributed by atoms with Gasteiger partial charge in [-0.3, -0.25) is 10.1 Å². The fourth-order valence-electron chi connectivity index (χ4n) is 3.96. The first-order valence-electron chi connectivity index (χ1n) is 10.6. The van der Waals surface area contributed by atoms with Crippen LogP contribution in [0.25, 0.3) is 10.4 Å². The Morgan fingerprint density at radius 3 is 2.62 bits per heavy atom. The van der Waals surface area contributed by atoms with Crippen molar-refractivity contribution >= 4 is 34.7 Å². The summed E-state index contributed by atoms with van der Waals surface area (Å²) in [5, 5.41) is 14.8. The topological polar surface area (TPSA) is 98.9 Å². The molecule has 2 aromatic carbocycles. The highest BCUT2D eigenvalue weighted by atomic mass is 32.1. The van der Waals surface area contributed by atoms with Gasteiger partial charge in [-0.15, -0.1) is 11.3 Å². The summed E-state index contributed by atoms with van der Waals surface area (Å²) in [5.41, 5.74) is 3.28. The predicted molar refractivity (Wildman–Crippen MR) is 128 cm³/mol. The molecule has 0 radical (unpaired) electrons. The summed E-state index contributed by atoms with van der Waals surface area (Å²) in [4.78, 5) is 27.8. The minimum Gasteiger partial charge on any atom is -0.465 e. The Labute approximate surface area is 191 Å². The molecule has 0 saturated carbocycles. The lowest BCUT2D eigenvalue weighted by molar-refractivity contribution is 0.0986. The molecule has 0 unspecified atom stereocenters. The SMILES string of the molecule is NN(C(=O)c1ccc(NC(=O)O)c(CCN2CCCC2)c1)c1cccc(-c2cccs2)c1. The summed E-state index contributed by atoms with van der Waals surface area (Å²) < 4.78 is 0. The first kappa shape index (κ1) is 22.0. The monoisotopic (exact) mass is 450 g/mol. The number of hydrogen-bond acceptors (Lipinski definition) is 5. The van der Waals surface area contributed by atoms with Crippen LogP contribution in [0.1, 0.15) is 28.8 Å². The first-order chi connectivity index (χ1) is 15.5. The largest absolute Gasteiger partial charge is 0.465 e. The molecule has 8 heteroatoms. The third-order valence-electron chi connectivity index (χ3n) is 5.64. The van der Waals surface area contributed by atoms with Crippen molar-refractivity contribution in [1.82, 2.24) is 4.90 Å². The number of benzene rings is 2. The number of nitrogens with two attached hydrogens (primary N) is 1. The van der Waals surface area contributed by atoms with Gasteiger partial charge in [-0.1, -0.05) is 18.2 Å². The number of carbonyl (C=O) groups is 2. The lowest BCUT2D eigenvalue weighted by Gasteiger charge is -2.20. The Hall–Kier alpha value is -3.20. The summed E-state index contributed by atoms with van der Waals surface area (Å²) in [6.45, 7) is 2.93. The van der Waals surface area contributed by atoms with E-state index in [1.165, 1.54) is 12.8 Å². The van der Waals surface area contributed by atoms with Crippen LogP contribution in [0.3, 0.4) is 0 Å². The number of hydrazine groups is 1. The van der Waals surface area contributed by atoms with E-state index in [0.717, 1.165) is 40.6 Å². The molecule has 2 heterocycles. The molecule has 1 fully saturated rings. The molecule has 0 atom stereocenters. The second kappa shape index (κ2) is 9.95. The van der Waals surface area contributed by atoms with Crippen LogP contribution in [0.15, 0.2) is 60.0 Å². The average molecular weight is 451 g/mol. The van der Waals surface area contributed by atoms with Gasteiger partial charge in [0.2, 0.25) is 0 Å². The molecule has 1 aromatic heterocycles. The minimum atomic E-state index is -1.13. The summed E-state index contributed by atoms with van der Waals surface area (Å²) in [6.07, 6.45) is 1.89. The summed E-state index contributed by atoms with van der Waals surface area (Å²) in [7, 11) is 0. The van der Waals surface area contributed by atoms with Crippen molar-refractivity contribution in [1.29, 1.82) is 0 Å². The highest BCUT2D eigenvalue weighted by Crippen LogP contribution is 2.28. The van der Waals surface area contributed by atoms with Crippen molar-refractivity contribution in [2.75, 3.05) is 30.0 Å². The van der Waals surface area contributed by atoms with Crippen molar-refractivity contribution < 1.29 is 14.7 Å². The van der Waals surface area contributed by atoms with Gasteiger partial charge >= 0.3 is 6.09 Å². The number of hydrogen-bond donors (Lipinski definition) is 3. The molecule has 32 heavy (non-hydrogen) atoms. The molecule has 1 aliphatic heterocycles. The third kappa shape index (κ3) is 5.16. The molecule has 4 N–H and O–H groups in total. The molecule has 1 saturated heterocycles. The molecule has 0 bridgehead atoms. The number of nitrogens with one attached hydrogen (secondary N) is 1. The van der Waals surface area contributed by atoms with Crippen LogP contribution in [-0.2, 0) is 6.42 Å². The van der Waals surface area contributed by atoms with Crippen LogP contribution in [0.2, 0.25) is 0 Å². The molecule has 3 aromatic rings. The predicted octanol–water partition coefficient (Wildman–Crippen LogP) is 4.66. The van der Waals surface area contributed by atoms with Crippen LogP contribution in [0, 0.1) is 0 Å². The van der Waals surface area contributed by atoms with Crippen molar-refractivity contribution in [2.24, 2.45) is 5.84 Å². The zero-order valence-corrected chi connectivity index (χ0v) is 18.5. The normalized spacial score (nSPS) is 13.8. The van der Waals surface area contributed by atoms with Gasteiger partial charge in [-0.05, 0) is 85.3 Å². The van der Waals surface area contributed by atoms with Gasteiger partial charge in [0.15, 0.2) is 0 Å². The molecular formula is C24H26N4O3S. The number of rotatable bonds is 7. The summed E-state index contributed by atoms with van der Waals surface area (Å²) in [6, 6.07) is 16.5. The van der Waals surface area contributed by atoms with E-state index in [1.807, 2.05) is 35.7 Å². The van der Waals surface area contributed by atoms with E-state index in [2.05, 4.69) is 10.2 Å². The third-order valence-corrected chi connectivity index (χ3v) is 6.56. The molecule has 1 aliphatic rings. The Kier molecular flexibility index (Phi) is 6.84. The molecule has 0 aliphatic carbocycles. The maximum atomic E-state index is 13.1. The smallest absolute Gasteiger partial charge is 0.409 e. The van der Waals surface area contributed by atoms with Crippen molar-refractivity contribution in [3.8, 4) is 10.4 Å². The van der Waals surface area contributed by atoms with E-state index in [9.17, 15) is 14.7 Å². The zero-order valence-electron chi connectivity index (χ0n) is 17.7. The van der Waals surface area contributed by atoms with Gasteiger partial charge in [-0.2, -0.15) is 0 Å². The first-order valence-corrected chi connectivity index (χ1v) is 11.5. The molecule has 0 spiro atoms. The van der Waals surface area contributed by atoms with Crippen molar-refractivity contribution in [3.05, 3.63) is 71.1 Å². The van der Waals surface area contributed by atoms with Gasteiger partial charge < -0.3 is 10.0 Å². The van der Waals surface area contributed by atoms with E-state index >= 15 is 0 Å². The fraction of sp³-hybridized carbons (Fsp3) is 0.250. The van der Waals surface area contributed by atoms with Crippen LogP contribution in [0.4, 0.5) is 16.2 Å². The summed E-state index contributed by atoms with van der Waals surface area (Å²) in [5.74, 6) is 5.86. The fourth-order valence-corrected chi connectivity index (χ4v) is 4.69. The van der Waals surface area contributed by atoms with E-state index < -0.39 is 6.09 Å². The van der Waals surface area contributed by atoms with Gasteiger partial charge in [0.05, 0.1) is 5.69 Å². The van der Waals surface area contributed by atoms with Crippen LogP contribution >= 0.6 is 11.3 Å². The number of nitrogens with zero attached hydrogens (tertiary/aromatic N) is 2. The van der Waals surface area contributed by atoms with Crippen LogP contribution in [0.5, 0.6) is 0 Å². The molecular weight excluding hydrogens is 424 g/mol. The van der Waals surface area contributed by atoms with Crippen LogP contribution < -0.4 is 16.2 Å². The lowest BCUT2D eigenvalue weighted by Crippen LogP contribution is -2.37. The Balaban J connectivity index is 1.56. The number of carbonyl (C=O) groups excluding carboxylic acids is 1. The Morgan fingerprint density at radius 2 is 1.91 bits per heavy atom. The molecule has 2 amide bonds. The second-order valence-electron chi connectivity index (χ2n) is 7.80. The molecule has 7 nitrogen and oxygen atoms in total. The number of anilines is 2. The van der Waals surface area contributed by atoms with Crippen LogP contribution in [-0.4, -0.2) is 41.6 Å². The average Bonchev–Trinajstić information content (AvgIpc) is 3.51. The van der Waals surface area contributed by atoms with E-state index in [1.54, 1.807) is 35.6 Å². The lowest BCUT2D eigenvalue weighted by atomic mass is 10.0. The van der Waals surface area contributed by atoms with E-state index in [-0.39, 0.29) is 5.91 Å². The van der Waals surface area contributed by atoms with Crippen molar-refractivity contribution in [3.63, 3.8) is 0 Å². The quantitative estimate of drug-likeness (QED) is 0.276. The maximum Gasteiger partial charge on any atom is 0.409 e.